The topological polar surface area (TPSA) is 48.1 Å². The predicted octanol–water partition coefficient (Wildman–Crippen LogP) is 4.36. The molecular formula is C16H18BrClN2O. The first kappa shape index (κ1) is 16.3. The number of benzene rings is 1. The van der Waals surface area contributed by atoms with Crippen molar-refractivity contribution in [2.45, 2.75) is 32.4 Å². The largest absolute Gasteiger partial charge is 0.487 e. The second-order valence-electron chi connectivity index (χ2n) is 4.90. The highest BCUT2D eigenvalue weighted by Crippen LogP contribution is 2.30. The molecule has 1 heterocycles. The fraction of sp³-hybridized carbons (Fsp3) is 0.312. The molecule has 1 aromatic heterocycles. The molecule has 112 valence electrons. The molecule has 2 aromatic rings. The Morgan fingerprint density at radius 1 is 1.38 bits per heavy atom. The Bertz CT molecular complexity index is 607. The third-order valence-corrected chi connectivity index (χ3v) is 3.93. The van der Waals surface area contributed by atoms with Crippen molar-refractivity contribution in [2.24, 2.45) is 5.73 Å². The number of rotatable bonds is 6. The van der Waals surface area contributed by atoms with Crippen molar-refractivity contribution in [3.8, 4) is 5.75 Å². The number of pyridine rings is 1. The SMILES string of the molecule is CCC(N)Cc1cccc(Cl)c1OCc1cncc(Br)c1. The second kappa shape index (κ2) is 7.78. The Labute approximate surface area is 138 Å². The van der Waals surface area contributed by atoms with Crippen molar-refractivity contribution in [1.82, 2.24) is 4.98 Å². The number of aromatic nitrogens is 1. The third-order valence-electron chi connectivity index (χ3n) is 3.20. The zero-order chi connectivity index (χ0) is 15.2. The Morgan fingerprint density at radius 3 is 2.90 bits per heavy atom. The molecule has 3 nitrogen and oxygen atoms in total. The van der Waals surface area contributed by atoms with E-state index in [0.717, 1.165) is 28.4 Å². The average Bonchev–Trinajstić information content (AvgIpc) is 2.46. The van der Waals surface area contributed by atoms with Crippen LogP contribution in [0.1, 0.15) is 24.5 Å². The van der Waals surface area contributed by atoms with Gasteiger partial charge in [0, 0.05) is 28.5 Å². The molecule has 0 saturated carbocycles. The van der Waals surface area contributed by atoms with Gasteiger partial charge in [0.2, 0.25) is 0 Å². The lowest BCUT2D eigenvalue weighted by Crippen LogP contribution is -2.21. The van der Waals surface area contributed by atoms with Crippen molar-refractivity contribution >= 4 is 27.5 Å². The number of nitrogens with two attached hydrogens (primary N) is 1. The summed E-state index contributed by atoms with van der Waals surface area (Å²) in [5.74, 6) is 0.711. The van der Waals surface area contributed by atoms with Crippen molar-refractivity contribution in [2.75, 3.05) is 0 Å². The van der Waals surface area contributed by atoms with E-state index in [1.165, 1.54) is 0 Å². The predicted molar refractivity (Wildman–Crippen MR) is 89.7 cm³/mol. The molecule has 2 rings (SSSR count). The van der Waals surface area contributed by atoms with E-state index in [4.69, 9.17) is 22.1 Å². The highest BCUT2D eigenvalue weighted by atomic mass is 79.9. The number of halogens is 2. The van der Waals surface area contributed by atoms with E-state index in [0.29, 0.717) is 17.4 Å². The minimum Gasteiger partial charge on any atom is -0.487 e. The van der Waals surface area contributed by atoms with Gasteiger partial charge in [-0.1, -0.05) is 30.7 Å². The maximum absolute atomic E-state index is 6.26. The summed E-state index contributed by atoms with van der Waals surface area (Å²) in [6.07, 6.45) is 5.19. The Kier molecular flexibility index (Phi) is 6.03. The summed E-state index contributed by atoms with van der Waals surface area (Å²) in [7, 11) is 0. The minimum absolute atomic E-state index is 0.110. The van der Waals surface area contributed by atoms with Crippen molar-refractivity contribution in [3.63, 3.8) is 0 Å². The van der Waals surface area contributed by atoms with Gasteiger partial charge >= 0.3 is 0 Å². The van der Waals surface area contributed by atoms with Crippen LogP contribution in [0.25, 0.3) is 0 Å². The van der Waals surface area contributed by atoms with Gasteiger partial charge in [0.15, 0.2) is 0 Å². The fourth-order valence-electron chi connectivity index (χ4n) is 1.99. The number of ether oxygens (including phenoxy) is 1. The summed E-state index contributed by atoms with van der Waals surface area (Å²) in [6, 6.07) is 7.85. The van der Waals surface area contributed by atoms with Gasteiger partial charge in [-0.25, -0.2) is 0 Å². The molecule has 0 aliphatic heterocycles. The molecule has 0 radical (unpaired) electrons. The lowest BCUT2D eigenvalue weighted by molar-refractivity contribution is 0.302. The van der Waals surface area contributed by atoms with E-state index in [-0.39, 0.29) is 6.04 Å². The van der Waals surface area contributed by atoms with E-state index in [9.17, 15) is 0 Å². The summed E-state index contributed by atoms with van der Waals surface area (Å²) in [4.78, 5) is 4.12. The zero-order valence-electron chi connectivity index (χ0n) is 11.9. The van der Waals surface area contributed by atoms with Crippen molar-refractivity contribution < 1.29 is 4.74 Å². The van der Waals surface area contributed by atoms with Gasteiger partial charge in [-0.3, -0.25) is 4.98 Å². The lowest BCUT2D eigenvalue weighted by atomic mass is 10.0. The molecule has 1 unspecified atom stereocenters. The molecule has 0 amide bonds. The minimum atomic E-state index is 0.110. The summed E-state index contributed by atoms with van der Waals surface area (Å²) in [6.45, 7) is 2.49. The second-order valence-corrected chi connectivity index (χ2v) is 6.22. The van der Waals surface area contributed by atoms with E-state index >= 15 is 0 Å². The number of hydrogen-bond acceptors (Lipinski definition) is 3. The fourth-order valence-corrected chi connectivity index (χ4v) is 2.65. The van der Waals surface area contributed by atoms with Gasteiger partial charge in [0.25, 0.3) is 0 Å². The Balaban J connectivity index is 2.15. The average molecular weight is 370 g/mol. The number of para-hydroxylation sites is 1. The highest BCUT2D eigenvalue weighted by molar-refractivity contribution is 9.10. The molecule has 0 aliphatic carbocycles. The summed E-state index contributed by atoms with van der Waals surface area (Å²) < 4.78 is 6.83. The molecule has 5 heteroatoms. The molecule has 1 atom stereocenters. The van der Waals surface area contributed by atoms with Crippen LogP contribution in [-0.2, 0) is 13.0 Å². The van der Waals surface area contributed by atoms with Crippen LogP contribution in [0.4, 0.5) is 0 Å². The molecule has 0 saturated heterocycles. The maximum atomic E-state index is 6.26. The van der Waals surface area contributed by atoms with Crippen LogP contribution in [0.3, 0.4) is 0 Å². The molecule has 21 heavy (non-hydrogen) atoms. The number of hydrogen-bond donors (Lipinski definition) is 1. The summed E-state index contributed by atoms with van der Waals surface area (Å²) >= 11 is 9.66. The van der Waals surface area contributed by atoms with Gasteiger partial charge in [-0.2, -0.15) is 0 Å². The maximum Gasteiger partial charge on any atom is 0.141 e. The lowest BCUT2D eigenvalue weighted by Gasteiger charge is -2.15. The van der Waals surface area contributed by atoms with Gasteiger partial charge < -0.3 is 10.5 Å². The van der Waals surface area contributed by atoms with Crippen LogP contribution in [0.2, 0.25) is 5.02 Å². The van der Waals surface area contributed by atoms with Gasteiger partial charge in [0.1, 0.15) is 12.4 Å². The molecule has 2 N–H and O–H groups in total. The molecule has 1 aromatic carbocycles. The first-order valence-corrected chi connectivity index (χ1v) is 8.02. The summed E-state index contributed by atoms with van der Waals surface area (Å²) in [5, 5.41) is 0.610. The highest BCUT2D eigenvalue weighted by Gasteiger charge is 2.11. The van der Waals surface area contributed by atoms with E-state index in [2.05, 4.69) is 27.8 Å². The number of nitrogens with zero attached hydrogens (tertiary/aromatic N) is 1. The van der Waals surface area contributed by atoms with Crippen LogP contribution >= 0.6 is 27.5 Å². The van der Waals surface area contributed by atoms with E-state index in [1.54, 1.807) is 12.4 Å². The molecule has 0 bridgehead atoms. The van der Waals surface area contributed by atoms with Gasteiger partial charge in [-0.15, -0.1) is 0 Å². The Morgan fingerprint density at radius 2 is 2.19 bits per heavy atom. The normalized spacial score (nSPS) is 12.2. The van der Waals surface area contributed by atoms with Gasteiger partial charge in [0.05, 0.1) is 5.02 Å². The molecule has 0 aliphatic rings. The monoisotopic (exact) mass is 368 g/mol. The van der Waals surface area contributed by atoms with Crippen molar-refractivity contribution in [3.05, 3.63) is 57.3 Å². The molecule has 0 fully saturated rings. The van der Waals surface area contributed by atoms with E-state index < -0.39 is 0 Å². The molecular weight excluding hydrogens is 352 g/mol. The van der Waals surface area contributed by atoms with Crippen LogP contribution < -0.4 is 10.5 Å². The zero-order valence-corrected chi connectivity index (χ0v) is 14.2. The summed E-state index contributed by atoms with van der Waals surface area (Å²) in [5.41, 5.74) is 8.06. The van der Waals surface area contributed by atoms with Gasteiger partial charge in [-0.05, 0) is 46.5 Å². The Hall–Kier alpha value is -1.10. The quantitative estimate of drug-likeness (QED) is 0.823. The first-order valence-electron chi connectivity index (χ1n) is 6.85. The van der Waals surface area contributed by atoms with Crippen LogP contribution in [0.15, 0.2) is 41.1 Å². The first-order chi connectivity index (χ1) is 10.1. The van der Waals surface area contributed by atoms with E-state index in [1.807, 2.05) is 24.3 Å². The smallest absolute Gasteiger partial charge is 0.141 e. The standard InChI is InChI=1S/C16H18BrClN2O/c1-2-14(19)7-12-4-3-5-15(18)16(12)21-10-11-6-13(17)9-20-8-11/h3-6,8-9,14H,2,7,10,19H2,1H3. The van der Waals surface area contributed by atoms with Crippen LogP contribution in [0, 0.1) is 0 Å². The van der Waals surface area contributed by atoms with Crippen LogP contribution in [-0.4, -0.2) is 11.0 Å². The molecule has 0 spiro atoms. The van der Waals surface area contributed by atoms with Crippen LogP contribution in [0.5, 0.6) is 5.75 Å². The van der Waals surface area contributed by atoms with Crippen molar-refractivity contribution in [1.29, 1.82) is 0 Å². The third kappa shape index (κ3) is 4.70.